The third-order valence-electron chi connectivity index (χ3n) is 10.0. The van der Waals surface area contributed by atoms with Gasteiger partial charge in [-0.05, 0) is 66.8 Å². The minimum absolute atomic E-state index is 0. The van der Waals surface area contributed by atoms with E-state index >= 15 is 0 Å². The van der Waals surface area contributed by atoms with Crippen LogP contribution >= 0.6 is 22.7 Å². The van der Waals surface area contributed by atoms with Crippen molar-refractivity contribution in [3.05, 3.63) is 71.3 Å². The minimum Gasteiger partial charge on any atom is -0.512 e. The Morgan fingerprint density at radius 3 is 2.32 bits per heavy atom. The average Bonchev–Trinajstić information content (AvgIpc) is 3.79. The number of hydrogen-bond donors (Lipinski definition) is 1. The van der Waals surface area contributed by atoms with Gasteiger partial charge in [0.25, 0.3) is 0 Å². The number of carbonyl (C=O) groups excluding carboxylic acids is 1. The van der Waals surface area contributed by atoms with Crippen LogP contribution < -0.4 is 0 Å². The van der Waals surface area contributed by atoms with E-state index in [1.54, 1.807) is 29.0 Å². The monoisotopic (exact) mass is 846 g/mol. The number of carbonyl (C=O) groups is 1. The molecule has 0 spiro atoms. The standard InChI is InChI=1S/C24H17N2OS2.C15H28O2.Ir/c1-12(2)16-10-15(9-14-6-7-28-23(14)16)22-21-20-17-8-13(3)27-18(17)4-5-19(20)29-24(21)26-11-25-22;1-7-14(5,8-2)12(16)11-13(17)15(6,9-3)10-4;/h4-8,10-12H,1-3H3;11,16H,7-10H2,1-6H3;/q-1;;/b;12-11-;. The Bertz CT molecular complexity index is 2060. The molecule has 6 rings (SSSR count). The van der Waals surface area contributed by atoms with E-state index in [-0.39, 0.29) is 42.5 Å². The molecule has 0 saturated carbocycles. The number of aliphatic hydroxyl groups excluding tert-OH is 1. The first-order valence-corrected chi connectivity index (χ1v) is 18.0. The summed E-state index contributed by atoms with van der Waals surface area (Å²) in [6.07, 6.45) is 6.43. The quantitative estimate of drug-likeness (QED) is 0.0891. The van der Waals surface area contributed by atoms with Crippen molar-refractivity contribution in [2.24, 2.45) is 10.8 Å². The van der Waals surface area contributed by atoms with Crippen LogP contribution in [0.2, 0.25) is 0 Å². The molecule has 6 aromatic rings. The van der Waals surface area contributed by atoms with Gasteiger partial charge < -0.3 is 9.52 Å². The van der Waals surface area contributed by atoms with Crippen molar-refractivity contribution >= 4 is 69.8 Å². The molecule has 0 aliphatic rings. The minimum atomic E-state index is -0.337. The maximum absolute atomic E-state index is 12.2. The van der Waals surface area contributed by atoms with Gasteiger partial charge in [-0.1, -0.05) is 66.5 Å². The summed E-state index contributed by atoms with van der Waals surface area (Å²) in [6.45, 7) is 18.6. The zero-order chi connectivity index (χ0) is 33.4. The number of aliphatic hydroxyl groups is 1. The Labute approximate surface area is 299 Å². The van der Waals surface area contributed by atoms with Gasteiger partial charge in [-0.2, -0.15) is 11.3 Å². The van der Waals surface area contributed by atoms with Gasteiger partial charge in [0.15, 0.2) is 5.78 Å². The zero-order valence-corrected chi connectivity index (χ0v) is 32.9. The number of aromatic nitrogens is 2. The number of ketones is 1. The van der Waals surface area contributed by atoms with E-state index in [2.05, 4.69) is 54.5 Å². The first-order chi connectivity index (χ1) is 21.9. The van der Waals surface area contributed by atoms with E-state index in [0.29, 0.717) is 5.92 Å². The van der Waals surface area contributed by atoms with Crippen molar-refractivity contribution < 1.29 is 34.4 Å². The van der Waals surface area contributed by atoms with Crippen LogP contribution in [-0.2, 0) is 24.9 Å². The molecule has 0 aliphatic carbocycles. The number of nitrogens with zero attached hydrogens (tertiary/aromatic N) is 2. The average molecular weight is 846 g/mol. The summed E-state index contributed by atoms with van der Waals surface area (Å²) < 4.78 is 8.42. The fraction of sp³-hybridized carbons (Fsp3) is 0.410. The molecule has 0 amide bonds. The molecular weight excluding hydrogens is 801 g/mol. The molecule has 0 fully saturated rings. The van der Waals surface area contributed by atoms with E-state index in [0.717, 1.165) is 69.3 Å². The smallest absolute Gasteiger partial charge is 0.164 e. The van der Waals surface area contributed by atoms with Crippen molar-refractivity contribution in [2.45, 2.75) is 93.9 Å². The van der Waals surface area contributed by atoms with E-state index in [1.807, 2.05) is 54.5 Å². The molecule has 1 N–H and O–H groups in total. The maximum atomic E-state index is 12.2. The summed E-state index contributed by atoms with van der Waals surface area (Å²) in [5.74, 6) is 1.64. The van der Waals surface area contributed by atoms with Crippen LogP contribution in [0.3, 0.4) is 0 Å². The number of benzene rings is 2. The predicted molar refractivity (Wildman–Crippen MR) is 196 cm³/mol. The second-order valence-corrected chi connectivity index (χ2v) is 15.0. The van der Waals surface area contributed by atoms with Crippen molar-refractivity contribution in [3.8, 4) is 11.3 Å². The predicted octanol–water partition coefficient (Wildman–Crippen LogP) is 12.4. The van der Waals surface area contributed by atoms with Gasteiger partial charge >= 0.3 is 0 Å². The van der Waals surface area contributed by atoms with Crippen LogP contribution in [0.4, 0.5) is 0 Å². The number of furan rings is 1. The Morgan fingerprint density at radius 1 is 1.00 bits per heavy atom. The van der Waals surface area contributed by atoms with Crippen LogP contribution in [0.1, 0.15) is 98.3 Å². The van der Waals surface area contributed by atoms with Crippen LogP contribution in [0, 0.1) is 23.8 Å². The van der Waals surface area contributed by atoms with Crippen LogP contribution in [0.15, 0.2) is 58.3 Å². The molecule has 0 unspecified atom stereocenters. The molecule has 0 bridgehead atoms. The number of fused-ring (bicyclic) bond motifs is 6. The topological polar surface area (TPSA) is 76.2 Å². The second kappa shape index (κ2) is 14.7. The van der Waals surface area contributed by atoms with Gasteiger partial charge in [-0.25, -0.2) is 4.98 Å². The molecule has 0 aliphatic heterocycles. The summed E-state index contributed by atoms with van der Waals surface area (Å²) in [5.41, 5.74) is 3.63. The maximum Gasteiger partial charge on any atom is 0.164 e. The Morgan fingerprint density at radius 2 is 1.68 bits per heavy atom. The molecule has 5 nitrogen and oxygen atoms in total. The summed E-state index contributed by atoms with van der Waals surface area (Å²) >= 11 is 3.49. The molecular formula is C39H45IrN2O3S2-. The number of aryl methyl sites for hydroxylation is 1. The van der Waals surface area contributed by atoms with Gasteiger partial charge in [0.1, 0.15) is 28.3 Å². The zero-order valence-electron chi connectivity index (χ0n) is 28.8. The fourth-order valence-electron chi connectivity index (χ4n) is 5.82. The molecule has 8 heteroatoms. The molecule has 1 radical (unpaired) electrons. The van der Waals surface area contributed by atoms with E-state index in [1.165, 1.54) is 26.4 Å². The number of hydrogen-bond acceptors (Lipinski definition) is 7. The third-order valence-corrected chi connectivity index (χ3v) is 12.1. The van der Waals surface area contributed by atoms with Crippen molar-refractivity contribution in [2.75, 3.05) is 0 Å². The van der Waals surface area contributed by atoms with Gasteiger partial charge in [0.2, 0.25) is 0 Å². The fourth-order valence-corrected chi connectivity index (χ4v) is 7.89. The van der Waals surface area contributed by atoms with E-state index in [4.69, 9.17) is 9.40 Å². The molecule has 251 valence electrons. The number of allylic oxidation sites excluding steroid dienone is 2. The third kappa shape index (κ3) is 6.98. The molecule has 4 heterocycles. The first kappa shape index (κ1) is 36.9. The van der Waals surface area contributed by atoms with Gasteiger partial charge in [-0.3, -0.25) is 9.78 Å². The number of rotatable bonds is 9. The first-order valence-electron chi connectivity index (χ1n) is 16.3. The Hall–Kier alpha value is -2.90. The number of thiophene rings is 2. The second-order valence-electron chi connectivity index (χ2n) is 13.1. The van der Waals surface area contributed by atoms with Crippen LogP contribution in [0.5, 0.6) is 0 Å². The Kier molecular flexibility index (Phi) is 11.5. The van der Waals surface area contributed by atoms with Gasteiger partial charge in [-0.15, -0.1) is 34.9 Å². The van der Waals surface area contributed by atoms with Crippen molar-refractivity contribution in [3.63, 3.8) is 0 Å². The molecule has 0 atom stereocenters. The molecule has 4 aromatic heterocycles. The van der Waals surface area contributed by atoms with Crippen molar-refractivity contribution in [1.82, 2.24) is 9.97 Å². The SMILES string of the molecule is CCC(C)(CC)C(=O)/C=C(\O)C(C)(CC)CC.Cc1cc2c(ccc3sc4ncnc(-c5[c-]c6ccsc6c(C(C)C)c5)c4c32)o1.[Ir]. The molecule has 2 aromatic carbocycles. The van der Waals surface area contributed by atoms with Crippen molar-refractivity contribution in [1.29, 1.82) is 0 Å². The van der Waals surface area contributed by atoms with Crippen LogP contribution in [-0.4, -0.2) is 20.9 Å². The summed E-state index contributed by atoms with van der Waals surface area (Å²) in [7, 11) is 0. The Balaban J connectivity index is 0.000000242. The van der Waals surface area contributed by atoms with E-state index in [9.17, 15) is 9.90 Å². The van der Waals surface area contributed by atoms with Gasteiger partial charge in [0.05, 0.1) is 0 Å². The summed E-state index contributed by atoms with van der Waals surface area (Å²) in [6, 6.07) is 14.3. The normalized spacial score (nSPS) is 12.6. The largest absolute Gasteiger partial charge is 0.512 e. The molecule has 47 heavy (non-hydrogen) atoms. The van der Waals surface area contributed by atoms with E-state index < -0.39 is 0 Å². The summed E-state index contributed by atoms with van der Waals surface area (Å²) in [4.78, 5) is 22.5. The van der Waals surface area contributed by atoms with Crippen LogP contribution in [0.25, 0.3) is 52.6 Å². The van der Waals surface area contributed by atoms with Gasteiger partial charge in [0, 0.05) is 63.6 Å². The molecule has 0 saturated heterocycles. The summed E-state index contributed by atoms with van der Waals surface area (Å²) in [5, 5.41) is 16.8.